The van der Waals surface area contributed by atoms with Gasteiger partial charge >= 0.3 is 0 Å². The van der Waals surface area contributed by atoms with Gasteiger partial charge in [0.25, 0.3) is 0 Å². The van der Waals surface area contributed by atoms with Gasteiger partial charge in [0.05, 0.1) is 11.2 Å². The molecule has 0 saturated carbocycles. The van der Waals surface area contributed by atoms with Gasteiger partial charge in [-0.25, -0.2) is 9.97 Å². The van der Waals surface area contributed by atoms with E-state index < -0.39 is 0 Å². The molecule has 0 bridgehead atoms. The second kappa shape index (κ2) is 4.47. The van der Waals surface area contributed by atoms with E-state index in [1.54, 1.807) is 24.7 Å². The van der Waals surface area contributed by atoms with Crippen molar-refractivity contribution in [3.8, 4) is 11.8 Å². The summed E-state index contributed by atoms with van der Waals surface area (Å²) in [6.45, 7) is 0. The smallest absolute Gasteiger partial charge is 0.209 e. The van der Waals surface area contributed by atoms with Crippen molar-refractivity contribution in [3.63, 3.8) is 0 Å². The molecular formula is C12H9N5S. The molecule has 5 nitrogen and oxygen atoms in total. The Balaban J connectivity index is 2.07. The average Bonchev–Trinajstić information content (AvgIpc) is 3.06. The number of fused-ring (bicyclic) bond motifs is 1. The van der Waals surface area contributed by atoms with Crippen LogP contribution in [0, 0.1) is 11.8 Å². The predicted octanol–water partition coefficient (Wildman–Crippen LogP) is 1.86. The Bertz CT molecular complexity index is 733. The Labute approximate surface area is 107 Å². The van der Waals surface area contributed by atoms with E-state index in [9.17, 15) is 0 Å². The number of thiophene rings is 1. The van der Waals surface area contributed by atoms with Crippen molar-refractivity contribution in [3.05, 3.63) is 34.5 Å². The summed E-state index contributed by atoms with van der Waals surface area (Å²) in [5.41, 5.74) is 1.41. The normalized spacial score (nSPS) is 10.1. The zero-order chi connectivity index (χ0) is 12.4. The third-order valence-electron chi connectivity index (χ3n) is 2.34. The van der Waals surface area contributed by atoms with E-state index in [0.717, 1.165) is 10.4 Å². The van der Waals surface area contributed by atoms with Crippen molar-refractivity contribution >= 4 is 28.3 Å². The van der Waals surface area contributed by atoms with Gasteiger partial charge in [0.1, 0.15) is 5.52 Å². The van der Waals surface area contributed by atoms with Gasteiger partial charge in [-0.15, -0.1) is 11.3 Å². The highest BCUT2D eigenvalue weighted by molar-refractivity contribution is 7.10. The van der Waals surface area contributed by atoms with E-state index in [4.69, 9.17) is 0 Å². The van der Waals surface area contributed by atoms with Crippen LogP contribution in [0.15, 0.2) is 23.8 Å². The van der Waals surface area contributed by atoms with Crippen molar-refractivity contribution < 1.29 is 0 Å². The van der Waals surface area contributed by atoms with Crippen molar-refractivity contribution in [1.82, 2.24) is 19.9 Å². The Kier molecular flexibility index (Phi) is 2.67. The van der Waals surface area contributed by atoms with E-state index in [0.29, 0.717) is 17.3 Å². The van der Waals surface area contributed by atoms with Crippen LogP contribution in [0.1, 0.15) is 10.7 Å². The lowest BCUT2D eigenvalue weighted by atomic mass is 10.4. The number of nitrogens with one attached hydrogen (secondary N) is 2. The molecule has 0 amide bonds. The second-order valence-electron chi connectivity index (χ2n) is 3.47. The number of rotatable bonds is 1. The number of imidazole rings is 1. The molecule has 0 aromatic carbocycles. The minimum absolute atomic E-state index is 0.465. The fourth-order valence-electron chi connectivity index (χ4n) is 1.54. The Morgan fingerprint density at radius 3 is 3.06 bits per heavy atom. The summed E-state index contributed by atoms with van der Waals surface area (Å²) < 4.78 is 0. The largest absolute Gasteiger partial charge is 0.371 e. The highest BCUT2D eigenvalue weighted by Crippen LogP contribution is 2.15. The topological polar surface area (TPSA) is 66.5 Å². The molecule has 3 aromatic heterocycles. The summed E-state index contributed by atoms with van der Waals surface area (Å²) >= 11 is 1.59. The van der Waals surface area contributed by atoms with Crippen LogP contribution in [-0.4, -0.2) is 27.0 Å². The molecule has 3 aromatic rings. The predicted molar refractivity (Wildman–Crippen MR) is 71.5 cm³/mol. The average molecular weight is 255 g/mol. The van der Waals surface area contributed by atoms with Crippen LogP contribution in [0.2, 0.25) is 0 Å². The van der Waals surface area contributed by atoms with Gasteiger partial charge in [0.2, 0.25) is 5.82 Å². The number of H-pyrrole nitrogens is 1. The number of aromatic amines is 1. The number of aromatic nitrogens is 4. The minimum atomic E-state index is 0.465. The standard InChI is InChI=1S/C12H9N5S/c1-13-11-10-12(15-7-14-10)17-9(16-11)5-4-8-3-2-6-18-8/h2-3,6-7H,1H3,(H2,13,14,15,16,17). The van der Waals surface area contributed by atoms with E-state index in [-0.39, 0.29) is 0 Å². The van der Waals surface area contributed by atoms with Gasteiger partial charge in [-0.05, 0) is 23.3 Å². The Morgan fingerprint density at radius 2 is 2.28 bits per heavy atom. The molecule has 2 N–H and O–H groups in total. The van der Waals surface area contributed by atoms with Gasteiger partial charge in [-0.3, -0.25) is 0 Å². The number of nitrogens with zero attached hydrogens (tertiary/aromatic N) is 3. The van der Waals surface area contributed by atoms with Crippen LogP contribution in [0.25, 0.3) is 11.2 Å². The lowest BCUT2D eigenvalue weighted by Gasteiger charge is -1.99. The van der Waals surface area contributed by atoms with Gasteiger partial charge < -0.3 is 10.3 Å². The second-order valence-corrected chi connectivity index (χ2v) is 4.42. The third kappa shape index (κ3) is 1.92. The summed E-state index contributed by atoms with van der Waals surface area (Å²) in [5, 5.41) is 4.99. The van der Waals surface area contributed by atoms with Gasteiger partial charge in [0, 0.05) is 7.05 Å². The van der Waals surface area contributed by atoms with E-state index in [2.05, 4.69) is 37.1 Å². The summed E-state index contributed by atoms with van der Waals surface area (Å²) in [4.78, 5) is 16.7. The monoisotopic (exact) mass is 255 g/mol. The van der Waals surface area contributed by atoms with Gasteiger partial charge in [-0.1, -0.05) is 6.07 Å². The first-order valence-electron chi connectivity index (χ1n) is 5.31. The lowest BCUT2D eigenvalue weighted by Crippen LogP contribution is -1.98. The van der Waals surface area contributed by atoms with Crippen LogP contribution in [-0.2, 0) is 0 Å². The summed E-state index contributed by atoms with van der Waals surface area (Å²) in [6.07, 6.45) is 1.59. The first-order valence-corrected chi connectivity index (χ1v) is 6.19. The van der Waals surface area contributed by atoms with Crippen LogP contribution in [0.3, 0.4) is 0 Å². The fourth-order valence-corrected chi connectivity index (χ4v) is 2.11. The van der Waals surface area contributed by atoms with E-state index in [1.165, 1.54) is 0 Å². The number of anilines is 1. The SMILES string of the molecule is CNc1nc(C#Cc2cccs2)nc2nc[nH]c12. The molecule has 0 unspecified atom stereocenters. The van der Waals surface area contributed by atoms with Crippen LogP contribution in [0.5, 0.6) is 0 Å². The molecule has 18 heavy (non-hydrogen) atoms. The van der Waals surface area contributed by atoms with Crippen molar-refractivity contribution in [2.45, 2.75) is 0 Å². The maximum Gasteiger partial charge on any atom is 0.209 e. The lowest BCUT2D eigenvalue weighted by molar-refractivity contribution is 1.15. The maximum atomic E-state index is 4.33. The molecule has 88 valence electrons. The van der Waals surface area contributed by atoms with Crippen LogP contribution >= 0.6 is 11.3 Å². The molecule has 3 heterocycles. The molecule has 0 saturated heterocycles. The first kappa shape index (κ1) is 10.7. The zero-order valence-electron chi connectivity index (χ0n) is 9.56. The van der Waals surface area contributed by atoms with Crippen LogP contribution in [0.4, 0.5) is 5.82 Å². The first-order chi connectivity index (χ1) is 8.86. The molecule has 0 aliphatic heterocycles. The van der Waals surface area contributed by atoms with E-state index in [1.807, 2.05) is 17.5 Å². The molecule has 6 heteroatoms. The number of hydrogen-bond donors (Lipinski definition) is 2. The van der Waals surface area contributed by atoms with Crippen molar-refractivity contribution in [2.24, 2.45) is 0 Å². The van der Waals surface area contributed by atoms with E-state index >= 15 is 0 Å². The molecule has 0 aliphatic rings. The molecule has 0 aliphatic carbocycles. The number of hydrogen-bond acceptors (Lipinski definition) is 5. The summed E-state index contributed by atoms with van der Waals surface area (Å²) in [5.74, 6) is 7.14. The zero-order valence-corrected chi connectivity index (χ0v) is 10.4. The van der Waals surface area contributed by atoms with Gasteiger partial charge in [-0.2, -0.15) is 4.98 Å². The molecule has 0 radical (unpaired) electrons. The quantitative estimate of drug-likeness (QED) is 0.651. The van der Waals surface area contributed by atoms with Crippen molar-refractivity contribution in [1.29, 1.82) is 0 Å². The van der Waals surface area contributed by atoms with Gasteiger partial charge in [0.15, 0.2) is 11.5 Å². The molecule has 0 spiro atoms. The van der Waals surface area contributed by atoms with Crippen molar-refractivity contribution in [2.75, 3.05) is 12.4 Å². The summed E-state index contributed by atoms with van der Waals surface area (Å²) in [7, 11) is 1.80. The molecule has 0 fully saturated rings. The molecular weight excluding hydrogens is 246 g/mol. The third-order valence-corrected chi connectivity index (χ3v) is 3.13. The highest BCUT2D eigenvalue weighted by Gasteiger charge is 2.06. The molecule has 0 atom stereocenters. The molecule has 3 rings (SSSR count). The maximum absolute atomic E-state index is 4.33. The Morgan fingerprint density at radius 1 is 1.33 bits per heavy atom. The highest BCUT2D eigenvalue weighted by atomic mass is 32.1. The Hall–Kier alpha value is -2.39. The fraction of sp³-hybridized carbons (Fsp3) is 0.0833. The summed E-state index contributed by atoms with van der Waals surface area (Å²) in [6, 6.07) is 3.93. The minimum Gasteiger partial charge on any atom is -0.371 e. The van der Waals surface area contributed by atoms with Crippen LogP contribution < -0.4 is 5.32 Å².